The predicted molar refractivity (Wildman–Crippen MR) is 153 cm³/mol. The lowest BCUT2D eigenvalue weighted by Crippen LogP contribution is -2.63. The highest BCUT2D eigenvalue weighted by Crippen LogP contribution is 2.52. The Kier molecular flexibility index (Phi) is 8.68. The van der Waals surface area contributed by atoms with Gasteiger partial charge in [-0.2, -0.15) is 0 Å². The molecule has 1 aromatic carbocycles. The van der Waals surface area contributed by atoms with Crippen LogP contribution in [0.3, 0.4) is 0 Å². The smallest absolute Gasteiger partial charge is 0.410 e. The number of aliphatic carboxylic acids is 1. The SMILES string of the molecule is C[C@@H](O)[C@H]1C(=O)N2C(C(=O)O)=C(S[C@H]3C[C@@H](C(=O)N[C@H]4CCN(C)C4)N(C(=O)OCc4ccc([N+](=O)[O-])cc4)C3)[C@H](C)[C@H]12. The third-order valence-corrected chi connectivity index (χ3v) is 10.1. The van der Waals surface area contributed by atoms with E-state index >= 15 is 0 Å². The number of carbonyl (C=O) groups excluding carboxylic acids is 3. The van der Waals surface area contributed by atoms with Crippen molar-refractivity contribution in [2.24, 2.45) is 11.8 Å². The second-order valence-corrected chi connectivity index (χ2v) is 13.0. The number of carboxylic acids is 1. The molecule has 4 aliphatic heterocycles. The number of β-lactam (4-membered cyclic amide) rings is 1. The normalized spacial score (nSPS) is 29.3. The van der Waals surface area contributed by atoms with Gasteiger partial charge in [0.2, 0.25) is 11.8 Å². The maximum Gasteiger partial charge on any atom is 0.410 e. The summed E-state index contributed by atoms with van der Waals surface area (Å²) in [6, 6.07) is 4.21. The van der Waals surface area contributed by atoms with Crippen LogP contribution in [-0.4, -0.2) is 110 Å². The number of hydrogen-bond donors (Lipinski definition) is 3. The second kappa shape index (κ2) is 12.1. The lowest BCUT2D eigenvalue weighted by atomic mass is 9.79. The summed E-state index contributed by atoms with van der Waals surface area (Å²) in [5.74, 6) is -3.04. The molecule has 43 heavy (non-hydrogen) atoms. The van der Waals surface area contributed by atoms with Crippen LogP contribution in [0.1, 0.15) is 32.3 Å². The minimum atomic E-state index is -1.24. The quantitative estimate of drug-likeness (QED) is 0.207. The maximum absolute atomic E-state index is 13.5. The van der Waals surface area contributed by atoms with E-state index in [0.29, 0.717) is 17.0 Å². The van der Waals surface area contributed by atoms with Crippen LogP contribution < -0.4 is 5.32 Å². The van der Waals surface area contributed by atoms with Crippen LogP contribution in [0.15, 0.2) is 34.9 Å². The fourth-order valence-corrected chi connectivity index (χ4v) is 8.01. The number of carbonyl (C=O) groups is 4. The first-order valence-corrected chi connectivity index (χ1v) is 15.1. The highest BCUT2D eigenvalue weighted by Gasteiger charge is 2.60. The number of aliphatic hydroxyl groups excluding tert-OH is 1. The summed E-state index contributed by atoms with van der Waals surface area (Å²) >= 11 is 1.25. The molecule has 0 radical (unpaired) electrons. The zero-order chi connectivity index (χ0) is 31.2. The molecule has 3 saturated heterocycles. The standard InChI is InChI=1S/C28H35N5O9S/c1-14-22-21(15(2)34)26(36)32(22)23(27(37)38)24(14)43-19-10-20(25(35)29-17-8-9-30(3)11-17)31(12-19)28(39)42-13-16-4-6-18(7-5-16)33(40)41/h4-7,14-15,17,19-22,34H,8-13H2,1-3H3,(H,29,35)(H,37,38)/t14-,15-,17+,19+,20+,21-,22-/m1/s1. The summed E-state index contributed by atoms with van der Waals surface area (Å²) < 4.78 is 5.51. The van der Waals surface area contributed by atoms with E-state index in [1.807, 2.05) is 14.0 Å². The molecule has 3 amide bonds. The lowest BCUT2D eigenvalue weighted by molar-refractivity contribution is -0.384. The number of likely N-dealkylation sites (N-methyl/N-ethyl adjacent to an activating group) is 1. The summed E-state index contributed by atoms with van der Waals surface area (Å²) in [4.78, 5) is 67.3. The fourth-order valence-electron chi connectivity index (χ4n) is 6.48. The number of non-ortho nitro benzene ring substituents is 1. The van der Waals surface area contributed by atoms with E-state index in [2.05, 4.69) is 10.2 Å². The minimum Gasteiger partial charge on any atom is -0.477 e. The van der Waals surface area contributed by atoms with Gasteiger partial charge in [0.1, 0.15) is 18.3 Å². The minimum absolute atomic E-state index is 0.0646. The Hall–Kier alpha value is -3.69. The first kappa shape index (κ1) is 30.8. The van der Waals surface area contributed by atoms with E-state index in [-0.39, 0.29) is 54.1 Å². The van der Waals surface area contributed by atoms with Crippen LogP contribution in [-0.2, 0) is 25.7 Å². The lowest BCUT2D eigenvalue weighted by Gasteiger charge is -2.46. The van der Waals surface area contributed by atoms with Gasteiger partial charge in [-0.3, -0.25) is 24.6 Å². The monoisotopic (exact) mass is 617 g/mol. The van der Waals surface area contributed by atoms with E-state index in [1.165, 1.54) is 52.8 Å². The topological polar surface area (TPSA) is 183 Å². The maximum atomic E-state index is 13.5. The largest absolute Gasteiger partial charge is 0.477 e. The summed E-state index contributed by atoms with van der Waals surface area (Å²) in [6.07, 6.45) is -0.636. The van der Waals surface area contributed by atoms with Crippen LogP contribution >= 0.6 is 11.8 Å². The van der Waals surface area contributed by atoms with Crippen molar-refractivity contribution in [1.82, 2.24) is 20.0 Å². The molecule has 4 heterocycles. The van der Waals surface area contributed by atoms with Gasteiger partial charge in [-0.15, -0.1) is 11.8 Å². The first-order chi connectivity index (χ1) is 20.4. The fraction of sp³-hybridized carbons (Fsp3) is 0.571. The Morgan fingerprint density at radius 1 is 1.23 bits per heavy atom. The van der Waals surface area contributed by atoms with Gasteiger partial charge in [0, 0.05) is 47.3 Å². The number of aliphatic hydroxyl groups is 1. The number of nitrogens with zero attached hydrogens (tertiary/aromatic N) is 4. The average molecular weight is 618 g/mol. The molecular formula is C28H35N5O9S. The van der Waals surface area contributed by atoms with Crippen LogP contribution in [0, 0.1) is 22.0 Å². The number of carboxylic acid groups (broad SMARTS) is 1. The van der Waals surface area contributed by atoms with Gasteiger partial charge < -0.3 is 30.1 Å². The van der Waals surface area contributed by atoms with Crippen LogP contribution in [0.25, 0.3) is 0 Å². The van der Waals surface area contributed by atoms with Gasteiger partial charge in [-0.25, -0.2) is 9.59 Å². The third-order valence-electron chi connectivity index (χ3n) is 8.65. The molecule has 5 rings (SSSR count). The molecule has 15 heteroatoms. The van der Waals surface area contributed by atoms with Crippen LogP contribution in [0.4, 0.5) is 10.5 Å². The molecule has 3 fully saturated rings. The molecule has 232 valence electrons. The van der Waals surface area contributed by atoms with E-state index in [4.69, 9.17) is 4.74 Å². The number of nitro groups is 1. The summed E-state index contributed by atoms with van der Waals surface area (Å²) in [6.45, 7) is 4.81. The third kappa shape index (κ3) is 5.93. The summed E-state index contributed by atoms with van der Waals surface area (Å²) in [7, 11) is 1.96. The average Bonchev–Trinajstić information content (AvgIpc) is 3.62. The zero-order valence-electron chi connectivity index (χ0n) is 24.0. The van der Waals surface area contributed by atoms with Gasteiger partial charge in [0.25, 0.3) is 5.69 Å². The molecule has 3 N–H and O–H groups in total. The predicted octanol–water partition coefficient (Wildman–Crippen LogP) is 1.38. The number of fused-ring (bicyclic) bond motifs is 1. The first-order valence-electron chi connectivity index (χ1n) is 14.2. The van der Waals surface area contributed by atoms with Crippen molar-refractivity contribution in [2.75, 3.05) is 26.7 Å². The van der Waals surface area contributed by atoms with Crippen LogP contribution in [0.2, 0.25) is 0 Å². The van der Waals surface area contributed by atoms with Gasteiger partial charge in [-0.05, 0) is 51.1 Å². The molecule has 0 aliphatic carbocycles. The molecule has 14 nitrogen and oxygen atoms in total. The van der Waals surface area contributed by atoms with Crippen molar-refractivity contribution in [2.45, 2.75) is 62.8 Å². The molecule has 0 bridgehead atoms. The zero-order valence-corrected chi connectivity index (χ0v) is 24.9. The van der Waals surface area contributed by atoms with Crippen molar-refractivity contribution in [3.63, 3.8) is 0 Å². The van der Waals surface area contributed by atoms with Gasteiger partial charge >= 0.3 is 12.1 Å². The van der Waals surface area contributed by atoms with Crippen molar-refractivity contribution in [3.05, 3.63) is 50.5 Å². The van der Waals surface area contributed by atoms with Gasteiger partial charge in [-0.1, -0.05) is 6.92 Å². The summed E-state index contributed by atoms with van der Waals surface area (Å²) in [5.41, 5.74) is 0.335. The number of ether oxygens (including phenoxy) is 1. The number of rotatable bonds is 9. The van der Waals surface area contributed by atoms with Crippen molar-refractivity contribution in [1.29, 1.82) is 0 Å². The molecular weight excluding hydrogens is 582 g/mol. The number of amides is 3. The Morgan fingerprint density at radius 2 is 1.93 bits per heavy atom. The van der Waals surface area contributed by atoms with Crippen molar-refractivity contribution in [3.8, 4) is 0 Å². The van der Waals surface area contributed by atoms with E-state index in [9.17, 15) is 39.5 Å². The number of nitrogens with one attached hydrogen (secondary N) is 1. The van der Waals surface area contributed by atoms with Crippen molar-refractivity contribution < 1.29 is 39.1 Å². The molecule has 1 aromatic rings. The molecule has 0 unspecified atom stereocenters. The molecule has 0 spiro atoms. The Bertz CT molecular complexity index is 1350. The Morgan fingerprint density at radius 3 is 2.51 bits per heavy atom. The van der Waals surface area contributed by atoms with E-state index in [1.54, 1.807) is 0 Å². The molecule has 0 aromatic heterocycles. The van der Waals surface area contributed by atoms with Gasteiger partial charge in [0.05, 0.1) is 23.0 Å². The molecule has 0 saturated carbocycles. The number of likely N-dealkylation sites (tertiary alicyclic amines) is 2. The van der Waals surface area contributed by atoms with Crippen molar-refractivity contribution >= 4 is 41.3 Å². The number of thioether (sulfide) groups is 1. The Labute approximate surface area is 252 Å². The Balaban J connectivity index is 1.33. The molecule has 7 atom stereocenters. The number of hydrogen-bond acceptors (Lipinski definition) is 10. The van der Waals surface area contributed by atoms with Crippen LogP contribution in [0.5, 0.6) is 0 Å². The second-order valence-electron chi connectivity index (χ2n) is 11.7. The van der Waals surface area contributed by atoms with E-state index in [0.717, 1.165) is 13.0 Å². The number of nitro benzene ring substituents is 1. The summed E-state index contributed by atoms with van der Waals surface area (Å²) in [5, 5.41) is 33.8. The molecule has 4 aliphatic rings. The van der Waals surface area contributed by atoms with Gasteiger partial charge in [0.15, 0.2) is 0 Å². The highest BCUT2D eigenvalue weighted by molar-refractivity contribution is 8.03. The number of benzene rings is 1. The van der Waals surface area contributed by atoms with E-state index < -0.39 is 47.0 Å². The highest BCUT2D eigenvalue weighted by atomic mass is 32.2.